The second-order valence-corrected chi connectivity index (χ2v) is 8.82. The maximum atomic E-state index is 12.7. The van der Waals surface area contributed by atoms with E-state index in [4.69, 9.17) is 15.5 Å². The number of nitrogens with zero attached hydrogens (tertiary/aromatic N) is 3. The van der Waals surface area contributed by atoms with Gasteiger partial charge in [-0.2, -0.15) is 0 Å². The van der Waals surface area contributed by atoms with Crippen molar-refractivity contribution in [3.05, 3.63) is 23.8 Å². The number of rotatable bonds is 5. The van der Waals surface area contributed by atoms with Crippen molar-refractivity contribution in [1.29, 1.82) is 0 Å². The highest BCUT2D eigenvalue weighted by Gasteiger charge is 2.26. The van der Waals surface area contributed by atoms with Crippen molar-refractivity contribution < 1.29 is 9.53 Å². The number of hydrogen-bond donors (Lipinski definition) is 1. The molecule has 2 N–H and O–H groups in total. The number of aromatic nitrogens is 2. The van der Waals surface area contributed by atoms with Crippen LogP contribution in [0.15, 0.2) is 23.2 Å². The molecular weight excluding hydrogens is 372 g/mol. The normalized spacial score (nSPS) is 21.2. The molecule has 0 saturated heterocycles. The zero-order chi connectivity index (χ0) is 19.7. The highest BCUT2D eigenvalue weighted by Crippen LogP contribution is 2.31. The minimum absolute atomic E-state index is 0.0507. The number of aliphatic imine (C=N–C) groups is 1. The first kappa shape index (κ1) is 19.3. The van der Waals surface area contributed by atoms with Crippen molar-refractivity contribution in [3.8, 4) is 0 Å². The quantitative estimate of drug-likeness (QED) is 0.749. The highest BCUT2D eigenvalue weighted by molar-refractivity contribution is 8.14. The van der Waals surface area contributed by atoms with Crippen LogP contribution in [-0.2, 0) is 4.74 Å². The van der Waals surface area contributed by atoms with Crippen LogP contribution in [0.5, 0.6) is 0 Å². The Morgan fingerprint density at radius 1 is 1.39 bits per heavy atom. The molecule has 6 nitrogen and oxygen atoms in total. The summed E-state index contributed by atoms with van der Waals surface area (Å²) in [6, 6.07) is 5.76. The summed E-state index contributed by atoms with van der Waals surface area (Å²) in [5.74, 6) is 1.57. The summed E-state index contributed by atoms with van der Waals surface area (Å²) in [5.41, 5.74) is 8.29. The SMILES string of the molecule is CCCC1CSC(n2c(N)nc3ccc(C(=O)OC(C)C4CCCC4)cc32)=N1. The fourth-order valence-electron chi connectivity index (χ4n) is 4.19. The van der Waals surface area contributed by atoms with Crippen molar-refractivity contribution in [1.82, 2.24) is 9.55 Å². The fourth-order valence-corrected chi connectivity index (χ4v) is 5.31. The largest absolute Gasteiger partial charge is 0.459 e. The molecule has 2 aromatic rings. The topological polar surface area (TPSA) is 82.5 Å². The molecule has 1 fully saturated rings. The number of carbonyl (C=O) groups excluding carboxylic acids is 1. The van der Waals surface area contributed by atoms with Crippen LogP contribution >= 0.6 is 11.8 Å². The van der Waals surface area contributed by atoms with E-state index in [0.717, 1.165) is 47.6 Å². The third-order valence-corrected chi connectivity index (χ3v) is 6.88. The maximum absolute atomic E-state index is 12.7. The summed E-state index contributed by atoms with van der Waals surface area (Å²) in [4.78, 5) is 22.0. The number of ether oxygens (including phenoxy) is 1. The van der Waals surface area contributed by atoms with E-state index in [2.05, 4.69) is 11.9 Å². The lowest BCUT2D eigenvalue weighted by Gasteiger charge is -2.19. The summed E-state index contributed by atoms with van der Waals surface area (Å²) in [6.07, 6.45) is 6.88. The molecule has 0 spiro atoms. The van der Waals surface area contributed by atoms with E-state index >= 15 is 0 Å². The third-order valence-electron chi connectivity index (χ3n) is 5.78. The number of anilines is 1. The molecule has 7 heteroatoms. The molecular formula is C21H28N4O2S. The van der Waals surface area contributed by atoms with Crippen molar-refractivity contribution in [2.45, 2.75) is 64.5 Å². The molecule has 2 atom stereocenters. The van der Waals surface area contributed by atoms with Gasteiger partial charge in [0.1, 0.15) is 6.10 Å². The minimum atomic E-state index is -0.280. The average molecular weight is 401 g/mol. The number of benzene rings is 1. The Labute approximate surface area is 169 Å². The van der Waals surface area contributed by atoms with E-state index in [0.29, 0.717) is 23.5 Å². The van der Waals surface area contributed by atoms with Crippen LogP contribution in [0.4, 0.5) is 5.95 Å². The van der Waals surface area contributed by atoms with Gasteiger partial charge in [0.05, 0.1) is 22.6 Å². The first-order valence-electron chi connectivity index (χ1n) is 10.3. The molecule has 0 amide bonds. The van der Waals surface area contributed by atoms with Crippen molar-refractivity contribution in [2.24, 2.45) is 10.9 Å². The fraction of sp³-hybridized carbons (Fsp3) is 0.571. The number of fused-ring (bicyclic) bond motifs is 1. The number of hydrogen-bond acceptors (Lipinski definition) is 6. The molecule has 1 aliphatic heterocycles. The van der Waals surface area contributed by atoms with Crippen molar-refractivity contribution in [2.75, 3.05) is 11.5 Å². The summed E-state index contributed by atoms with van der Waals surface area (Å²) >= 11 is 1.70. The van der Waals surface area contributed by atoms with Crippen LogP contribution in [0.1, 0.15) is 62.7 Å². The van der Waals surface area contributed by atoms with Gasteiger partial charge < -0.3 is 10.5 Å². The van der Waals surface area contributed by atoms with Gasteiger partial charge in [0.15, 0.2) is 5.17 Å². The summed E-state index contributed by atoms with van der Waals surface area (Å²) in [7, 11) is 0. The van der Waals surface area contributed by atoms with Crippen LogP contribution in [0.2, 0.25) is 0 Å². The lowest BCUT2D eigenvalue weighted by atomic mass is 10.0. The van der Waals surface area contributed by atoms with E-state index in [1.165, 1.54) is 12.8 Å². The van der Waals surface area contributed by atoms with Gasteiger partial charge in [0.25, 0.3) is 0 Å². The van der Waals surface area contributed by atoms with Crippen LogP contribution in [-0.4, -0.2) is 38.6 Å². The average Bonchev–Trinajstić information content (AvgIpc) is 3.40. The molecule has 1 aromatic carbocycles. The van der Waals surface area contributed by atoms with E-state index in [1.807, 2.05) is 23.6 Å². The number of nitrogens with two attached hydrogens (primary N) is 1. The second kappa shape index (κ2) is 8.15. The molecule has 0 radical (unpaired) electrons. The first-order chi connectivity index (χ1) is 13.6. The van der Waals surface area contributed by atoms with Gasteiger partial charge in [-0.1, -0.05) is 37.9 Å². The highest BCUT2D eigenvalue weighted by atomic mass is 32.2. The summed E-state index contributed by atoms with van der Waals surface area (Å²) in [5, 5.41) is 0.864. The molecule has 2 aliphatic rings. The van der Waals surface area contributed by atoms with E-state index < -0.39 is 0 Å². The molecule has 1 saturated carbocycles. The Hall–Kier alpha value is -2.02. The predicted octanol–water partition coefficient (Wildman–Crippen LogP) is 4.47. The van der Waals surface area contributed by atoms with Gasteiger partial charge >= 0.3 is 5.97 Å². The Morgan fingerprint density at radius 2 is 2.18 bits per heavy atom. The van der Waals surface area contributed by atoms with Crippen LogP contribution in [0, 0.1) is 5.92 Å². The number of esters is 1. The lowest BCUT2D eigenvalue weighted by Crippen LogP contribution is -2.22. The minimum Gasteiger partial charge on any atom is -0.459 e. The van der Waals surface area contributed by atoms with E-state index in [1.54, 1.807) is 17.8 Å². The van der Waals surface area contributed by atoms with Crippen LogP contribution < -0.4 is 5.73 Å². The standard InChI is InChI=1S/C21H28N4O2S/c1-3-6-16-12-28-21(23-16)25-18-11-15(9-10-17(18)24-20(25)22)19(26)27-13(2)14-7-4-5-8-14/h9-11,13-14,16H,3-8,12H2,1-2H3,(H2,22,24). The maximum Gasteiger partial charge on any atom is 0.338 e. The number of imidazole rings is 1. The van der Waals surface area contributed by atoms with Gasteiger partial charge in [-0.15, -0.1) is 0 Å². The summed E-state index contributed by atoms with van der Waals surface area (Å²) < 4.78 is 7.62. The van der Waals surface area contributed by atoms with E-state index in [9.17, 15) is 4.79 Å². The molecule has 2 heterocycles. The Morgan fingerprint density at radius 3 is 2.93 bits per heavy atom. The molecule has 0 bridgehead atoms. The monoisotopic (exact) mass is 400 g/mol. The van der Waals surface area contributed by atoms with Gasteiger partial charge in [0, 0.05) is 5.75 Å². The Kier molecular flexibility index (Phi) is 5.62. The molecule has 28 heavy (non-hydrogen) atoms. The lowest BCUT2D eigenvalue weighted by molar-refractivity contribution is 0.0204. The third kappa shape index (κ3) is 3.77. The van der Waals surface area contributed by atoms with Crippen LogP contribution in [0.3, 0.4) is 0 Å². The van der Waals surface area contributed by atoms with Crippen molar-refractivity contribution in [3.63, 3.8) is 0 Å². The van der Waals surface area contributed by atoms with Crippen LogP contribution in [0.25, 0.3) is 11.0 Å². The summed E-state index contributed by atoms with van der Waals surface area (Å²) in [6.45, 7) is 4.18. The zero-order valence-corrected chi connectivity index (χ0v) is 17.4. The molecule has 2 unspecified atom stereocenters. The van der Waals surface area contributed by atoms with Crippen molar-refractivity contribution >= 4 is 39.9 Å². The predicted molar refractivity (Wildman–Crippen MR) is 115 cm³/mol. The van der Waals surface area contributed by atoms with E-state index in [-0.39, 0.29) is 12.1 Å². The zero-order valence-electron chi connectivity index (χ0n) is 16.6. The Bertz CT molecular complexity index is 901. The van der Waals surface area contributed by atoms with Gasteiger partial charge in [-0.3, -0.25) is 9.56 Å². The molecule has 150 valence electrons. The molecule has 1 aromatic heterocycles. The van der Waals surface area contributed by atoms with Gasteiger partial charge in [-0.25, -0.2) is 9.78 Å². The number of thioether (sulfide) groups is 1. The number of carbonyl (C=O) groups is 1. The van der Waals surface area contributed by atoms with Gasteiger partial charge in [0.2, 0.25) is 5.95 Å². The van der Waals surface area contributed by atoms with Gasteiger partial charge in [-0.05, 0) is 50.3 Å². The second-order valence-electron chi connectivity index (χ2n) is 7.83. The number of nitrogen functional groups attached to an aromatic ring is 1. The smallest absolute Gasteiger partial charge is 0.338 e. The Balaban J connectivity index is 1.59. The molecule has 1 aliphatic carbocycles. The first-order valence-corrected chi connectivity index (χ1v) is 11.2. The molecule has 4 rings (SSSR count).